The summed E-state index contributed by atoms with van der Waals surface area (Å²) in [6, 6.07) is 22.6. The van der Waals surface area contributed by atoms with Crippen molar-refractivity contribution in [3.8, 4) is 0 Å². The van der Waals surface area contributed by atoms with Crippen molar-refractivity contribution in [3.63, 3.8) is 0 Å². The van der Waals surface area contributed by atoms with Crippen LogP contribution in [-0.4, -0.2) is 68.5 Å². The maximum Gasteiger partial charge on any atom is 0.256 e. The van der Waals surface area contributed by atoms with Crippen LogP contribution in [0.15, 0.2) is 78.9 Å². The summed E-state index contributed by atoms with van der Waals surface area (Å²) >= 11 is 0. The van der Waals surface area contributed by atoms with E-state index in [4.69, 9.17) is 0 Å². The molecule has 0 spiro atoms. The molecule has 226 valence electrons. The van der Waals surface area contributed by atoms with Crippen molar-refractivity contribution < 1.29 is 29.3 Å². The quantitative estimate of drug-likeness (QED) is 0.255. The SMILES string of the molecule is CC(C)(C)N(CO)C(=O)c1ccccc1CCC(O)C(F)c1ccccc1C(=O)N(CCO)C(C)(C)c1ccccc1. The number of carbonyl (C=O) groups is 2. The molecule has 2 unspecified atom stereocenters. The molecule has 3 aromatic rings. The zero-order valence-corrected chi connectivity index (χ0v) is 25.1. The van der Waals surface area contributed by atoms with E-state index in [1.165, 1.54) is 21.9 Å². The van der Waals surface area contributed by atoms with E-state index in [9.17, 15) is 24.9 Å². The van der Waals surface area contributed by atoms with E-state index < -0.39 is 36.0 Å². The van der Waals surface area contributed by atoms with Crippen LogP contribution in [0.2, 0.25) is 0 Å². The summed E-state index contributed by atoms with van der Waals surface area (Å²) in [6.45, 7) is 8.53. The van der Waals surface area contributed by atoms with Crippen molar-refractivity contribution in [2.24, 2.45) is 0 Å². The highest BCUT2D eigenvalue weighted by atomic mass is 19.1. The van der Waals surface area contributed by atoms with Crippen LogP contribution >= 0.6 is 0 Å². The van der Waals surface area contributed by atoms with Gasteiger partial charge in [-0.05, 0) is 70.7 Å². The molecule has 8 heteroatoms. The number of nitrogens with zero attached hydrogens (tertiary/aromatic N) is 2. The van der Waals surface area contributed by atoms with Gasteiger partial charge in [-0.1, -0.05) is 66.7 Å². The van der Waals surface area contributed by atoms with Crippen molar-refractivity contribution in [1.82, 2.24) is 9.80 Å². The largest absolute Gasteiger partial charge is 0.395 e. The Labute approximate surface area is 248 Å². The molecule has 0 aliphatic carbocycles. The average Bonchev–Trinajstić information content (AvgIpc) is 2.98. The Bertz CT molecular complexity index is 1340. The average molecular weight is 579 g/mol. The van der Waals surface area contributed by atoms with Crippen LogP contribution in [0.5, 0.6) is 0 Å². The van der Waals surface area contributed by atoms with E-state index in [1.807, 2.05) is 65.0 Å². The van der Waals surface area contributed by atoms with Crippen LogP contribution in [0.25, 0.3) is 0 Å². The van der Waals surface area contributed by atoms with E-state index in [0.29, 0.717) is 11.1 Å². The van der Waals surface area contributed by atoms with Crippen LogP contribution in [-0.2, 0) is 12.0 Å². The summed E-state index contributed by atoms with van der Waals surface area (Å²) in [7, 11) is 0. The van der Waals surface area contributed by atoms with E-state index in [1.54, 1.807) is 36.4 Å². The molecular formula is C34H43FN2O5. The smallest absolute Gasteiger partial charge is 0.256 e. The zero-order chi connectivity index (χ0) is 31.1. The van der Waals surface area contributed by atoms with E-state index in [0.717, 1.165) is 5.56 Å². The highest BCUT2D eigenvalue weighted by Crippen LogP contribution is 2.33. The highest BCUT2D eigenvalue weighted by molar-refractivity contribution is 5.97. The molecular weight excluding hydrogens is 535 g/mol. The molecule has 3 N–H and O–H groups in total. The van der Waals surface area contributed by atoms with Crippen molar-refractivity contribution in [3.05, 3.63) is 107 Å². The van der Waals surface area contributed by atoms with Crippen LogP contribution < -0.4 is 0 Å². The predicted molar refractivity (Wildman–Crippen MR) is 162 cm³/mol. The van der Waals surface area contributed by atoms with Gasteiger partial charge in [0.1, 0.15) is 6.73 Å². The molecule has 0 saturated carbocycles. The maximum absolute atomic E-state index is 15.9. The number of alkyl halides is 1. The first-order valence-corrected chi connectivity index (χ1v) is 14.2. The van der Waals surface area contributed by atoms with Crippen LogP contribution in [0, 0.1) is 0 Å². The molecule has 0 aromatic heterocycles. The Morgan fingerprint density at radius 1 is 0.786 bits per heavy atom. The fraction of sp³-hybridized carbons (Fsp3) is 0.412. The normalized spacial score (nSPS) is 13.4. The summed E-state index contributed by atoms with van der Waals surface area (Å²) < 4.78 is 15.9. The monoisotopic (exact) mass is 578 g/mol. The van der Waals surface area contributed by atoms with E-state index in [-0.39, 0.29) is 43.0 Å². The van der Waals surface area contributed by atoms with Gasteiger partial charge in [0.05, 0.1) is 18.2 Å². The molecule has 0 aliphatic rings. The third-order valence-corrected chi connectivity index (χ3v) is 7.70. The molecule has 3 aromatic carbocycles. The van der Waals surface area contributed by atoms with Gasteiger partial charge in [0, 0.05) is 28.8 Å². The van der Waals surface area contributed by atoms with Gasteiger partial charge in [-0.15, -0.1) is 0 Å². The van der Waals surface area contributed by atoms with Gasteiger partial charge in [-0.3, -0.25) is 9.59 Å². The second-order valence-electron chi connectivity index (χ2n) is 11.9. The Kier molecular flexibility index (Phi) is 11.0. The Balaban J connectivity index is 1.85. The minimum Gasteiger partial charge on any atom is -0.395 e. The minimum absolute atomic E-state index is 0.00150. The summed E-state index contributed by atoms with van der Waals surface area (Å²) in [4.78, 5) is 30.0. The third-order valence-electron chi connectivity index (χ3n) is 7.70. The summed E-state index contributed by atoms with van der Waals surface area (Å²) in [5.74, 6) is -0.807. The molecule has 0 bridgehead atoms. The van der Waals surface area contributed by atoms with Crippen LogP contribution in [0.1, 0.15) is 84.6 Å². The fourth-order valence-corrected chi connectivity index (χ4v) is 5.14. The van der Waals surface area contributed by atoms with Crippen molar-refractivity contribution in [2.75, 3.05) is 19.9 Å². The maximum atomic E-state index is 15.9. The minimum atomic E-state index is -1.87. The summed E-state index contributed by atoms with van der Waals surface area (Å²) in [5, 5.41) is 30.6. The number of hydrogen-bond donors (Lipinski definition) is 3. The Morgan fingerprint density at radius 2 is 1.33 bits per heavy atom. The molecule has 7 nitrogen and oxygen atoms in total. The highest BCUT2D eigenvalue weighted by Gasteiger charge is 2.35. The summed E-state index contributed by atoms with van der Waals surface area (Å²) in [6.07, 6.45) is -3.11. The van der Waals surface area contributed by atoms with E-state index >= 15 is 4.39 Å². The molecule has 0 fully saturated rings. The molecule has 2 amide bonds. The Morgan fingerprint density at radius 3 is 1.93 bits per heavy atom. The second-order valence-corrected chi connectivity index (χ2v) is 11.9. The van der Waals surface area contributed by atoms with Crippen molar-refractivity contribution in [1.29, 1.82) is 0 Å². The fourth-order valence-electron chi connectivity index (χ4n) is 5.14. The van der Waals surface area contributed by atoms with Gasteiger partial charge in [-0.25, -0.2) is 4.39 Å². The number of halogens is 1. The number of aliphatic hydroxyl groups is 3. The topological polar surface area (TPSA) is 101 Å². The first kappa shape index (κ1) is 32.9. The van der Waals surface area contributed by atoms with Crippen molar-refractivity contribution >= 4 is 11.8 Å². The molecule has 0 radical (unpaired) electrons. The lowest BCUT2D eigenvalue weighted by molar-refractivity contribution is 0.0252. The zero-order valence-electron chi connectivity index (χ0n) is 25.1. The standard InChI is InChI=1S/C34H43FN2O5/c1-33(2,3)37(23-39)31(41)26-16-10-9-13-24(26)19-20-29(40)30(35)27-17-11-12-18-28(27)32(42)36(21-22-38)34(4,5)25-14-7-6-8-15-25/h6-18,29-30,38-40H,19-23H2,1-5H3. The lowest BCUT2D eigenvalue weighted by Gasteiger charge is -2.39. The van der Waals surface area contributed by atoms with E-state index in [2.05, 4.69) is 0 Å². The number of amides is 2. The van der Waals surface area contributed by atoms with Gasteiger partial charge in [0.25, 0.3) is 11.8 Å². The number of rotatable bonds is 12. The van der Waals surface area contributed by atoms with Crippen LogP contribution in [0.4, 0.5) is 4.39 Å². The number of aliphatic hydroxyl groups excluding tert-OH is 3. The first-order chi connectivity index (χ1) is 19.8. The lowest BCUT2D eigenvalue weighted by Crippen LogP contribution is -2.47. The number of hydrogen-bond acceptors (Lipinski definition) is 5. The lowest BCUT2D eigenvalue weighted by atomic mass is 9.90. The first-order valence-electron chi connectivity index (χ1n) is 14.2. The molecule has 0 saturated heterocycles. The Hall–Kier alpha value is -3.59. The third kappa shape index (κ3) is 7.43. The molecule has 42 heavy (non-hydrogen) atoms. The van der Waals surface area contributed by atoms with Gasteiger partial charge < -0.3 is 25.1 Å². The molecule has 2 atom stereocenters. The molecule has 0 heterocycles. The van der Waals surface area contributed by atoms with Crippen molar-refractivity contribution in [2.45, 2.75) is 70.8 Å². The molecule has 3 rings (SSSR count). The van der Waals surface area contributed by atoms with Gasteiger partial charge in [-0.2, -0.15) is 0 Å². The number of benzene rings is 3. The van der Waals surface area contributed by atoms with Gasteiger partial charge in [0.15, 0.2) is 6.17 Å². The van der Waals surface area contributed by atoms with Gasteiger partial charge >= 0.3 is 0 Å². The van der Waals surface area contributed by atoms with Gasteiger partial charge in [0.2, 0.25) is 0 Å². The molecule has 0 aliphatic heterocycles. The number of carbonyl (C=O) groups excluding carboxylic acids is 2. The van der Waals surface area contributed by atoms with Crippen LogP contribution in [0.3, 0.4) is 0 Å². The second kappa shape index (κ2) is 14.1. The predicted octanol–water partition coefficient (Wildman–Crippen LogP) is 5.25. The summed E-state index contributed by atoms with van der Waals surface area (Å²) in [5.41, 5.74) is 0.621. The number of aryl methyl sites for hydroxylation is 1.